The Morgan fingerprint density at radius 2 is 1.55 bits per heavy atom. The maximum atomic E-state index is 14.9. The quantitative estimate of drug-likeness (QED) is 0.0633. The number of methoxy groups -OCH3 is 2. The van der Waals surface area contributed by atoms with Gasteiger partial charge in [0, 0.05) is 78.9 Å². The van der Waals surface area contributed by atoms with Crippen molar-refractivity contribution in [2.24, 2.45) is 29.6 Å². The molecule has 3 aliphatic rings. The molecule has 85 heavy (non-hydrogen) atoms. The van der Waals surface area contributed by atoms with Gasteiger partial charge in [0.05, 0.1) is 72.7 Å². The SMILES string of the molecule is CC[C@H](C)[C@@H]([C@@H](CC(=O)N1CCC[C@H]1[C@H](OC)[C@@H](C)C(=O)N[C@H](C)[C@@H](O)c1ccccc1)OC)N(C)C(=O)[C@@H](CC(=O)[C@H](C(C)C)N(C)C(=O)OCc1ccc(NC(=O)O/C2=C/OCOCCC2)c(C(=O)NCCN2C(=O)C=CC2=O)c1)C(C)C. The molecule has 0 unspecified atom stereocenters. The van der Waals surface area contributed by atoms with Gasteiger partial charge in [-0.25, -0.2) is 9.59 Å². The van der Waals surface area contributed by atoms with E-state index >= 15 is 0 Å². The number of likely N-dealkylation sites (N-methyl/N-ethyl adjacent to an activating group) is 2. The van der Waals surface area contributed by atoms with E-state index in [9.17, 15) is 48.3 Å². The molecule has 0 bridgehead atoms. The maximum Gasteiger partial charge on any atom is 0.416 e. The number of hydrogen-bond acceptors (Lipinski definition) is 16. The monoisotopic (exact) mass is 1190 g/mol. The Bertz CT molecular complexity index is 2680. The first-order chi connectivity index (χ1) is 40.4. The number of rotatable bonds is 29. The van der Waals surface area contributed by atoms with Gasteiger partial charge in [-0.3, -0.25) is 43.8 Å². The summed E-state index contributed by atoms with van der Waals surface area (Å²) < 4.78 is 33.7. The summed E-state index contributed by atoms with van der Waals surface area (Å²) >= 11 is 0. The van der Waals surface area contributed by atoms with Crippen LogP contribution < -0.4 is 16.0 Å². The lowest BCUT2D eigenvalue weighted by Crippen LogP contribution is -2.55. The van der Waals surface area contributed by atoms with Crippen LogP contribution in [-0.2, 0) is 63.8 Å². The van der Waals surface area contributed by atoms with Gasteiger partial charge in [-0.05, 0) is 67.2 Å². The summed E-state index contributed by atoms with van der Waals surface area (Å²) in [4.78, 5) is 128. The normalized spacial score (nSPS) is 19.1. The summed E-state index contributed by atoms with van der Waals surface area (Å²) in [6, 6.07) is 10.7. The molecule has 1 saturated heterocycles. The number of benzene rings is 2. The van der Waals surface area contributed by atoms with Crippen LogP contribution in [0.15, 0.2) is 72.7 Å². The number of nitrogens with one attached hydrogen (secondary N) is 3. The molecule has 23 heteroatoms. The molecule has 23 nitrogen and oxygen atoms in total. The molecule has 0 spiro atoms. The van der Waals surface area contributed by atoms with Crippen molar-refractivity contribution in [3.8, 4) is 0 Å². The highest BCUT2D eigenvalue weighted by Gasteiger charge is 2.44. The van der Waals surface area contributed by atoms with Gasteiger partial charge in [0.15, 0.2) is 12.6 Å². The third-order valence-corrected chi connectivity index (χ3v) is 16.2. The lowest BCUT2D eigenvalue weighted by Gasteiger charge is -2.41. The van der Waals surface area contributed by atoms with Gasteiger partial charge in [-0.2, -0.15) is 0 Å². The second-order valence-electron chi connectivity index (χ2n) is 22.8. The average molecular weight is 1190 g/mol. The third kappa shape index (κ3) is 18.6. The second kappa shape index (κ2) is 32.9. The number of aliphatic hydroxyl groups is 1. The van der Waals surface area contributed by atoms with Crippen molar-refractivity contribution >= 4 is 59.1 Å². The summed E-state index contributed by atoms with van der Waals surface area (Å²) in [7, 11) is 6.12. The van der Waals surface area contributed by atoms with Gasteiger partial charge in [-0.1, -0.05) is 91.3 Å². The minimum absolute atomic E-state index is 0.0190. The molecular weight excluding hydrogens is 1100 g/mol. The summed E-state index contributed by atoms with van der Waals surface area (Å²) in [6.45, 7) is 14.9. The Hall–Kier alpha value is -7.21. The lowest BCUT2D eigenvalue weighted by molar-refractivity contribution is -0.149. The number of hydrogen-bond donors (Lipinski definition) is 4. The molecule has 2 aromatic carbocycles. The summed E-state index contributed by atoms with van der Waals surface area (Å²) in [5.74, 6) is -5.21. The number of anilines is 1. The third-order valence-electron chi connectivity index (χ3n) is 16.2. The predicted octanol–water partition coefficient (Wildman–Crippen LogP) is 6.50. The summed E-state index contributed by atoms with van der Waals surface area (Å²) in [5.41, 5.74) is 0.960. The van der Waals surface area contributed by atoms with E-state index < -0.39 is 90.1 Å². The van der Waals surface area contributed by atoms with E-state index in [0.29, 0.717) is 56.4 Å². The van der Waals surface area contributed by atoms with Crippen LogP contribution in [0.4, 0.5) is 15.3 Å². The molecule has 468 valence electrons. The molecule has 0 aliphatic carbocycles. The number of imide groups is 1. The molecule has 0 aromatic heterocycles. The Kier molecular flexibility index (Phi) is 26.5. The molecule has 0 saturated carbocycles. The van der Waals surface area contributed by atoms with Crippen molar-refractivity contribution < 1.29 is 76.7 Å². The molecule has 8 amide bonds. The maximum absolute atomic E-state index is 14.9. The van der Waals surface area contributed by atoms with E-state index in [0.717, 1.165) is 17.1 Å². The number of ketones is 1. The minimum atomic E-state index is -1.03. The first-order valence-electron chi connectivity index (χ1n) is 29.3. The molecule has 3 heterocycles. The molecule has 3 aliphatic heterocycles. The Morgan fingerprint density at radius 1 is 0.859 bits per heavy atom. The summed E-state index contributed by atoms with van der Waals surface area (Å²) in [6.07, 6.45) is 1.89. The van der Waals surface area contributed by atoms with Gasteiger partial charge >= 0.3 is 12.2 Å². The van der Waals surface area contributed by atoms with Crippen molar-refractivity contribution in [3.63, 3.8) is 0 Å². The van der Waals surface area contributed by atoms with E-state index in [1.807, 2.05) is 45.9 Å². The Labute approximate surface area is 499 Å². The van der Waals surface area contributed by atoms with E-state index in [2.05, 4.69) is 16.0 Å². The largest absolute Gasteiger partial charge is 0.472 e. The topological polar surface area (TPSA) is 278 Å². The number of amides is 8. The smallest absolute Gasteiger partial charge is 0.416 e. The van der Waals surface area contributed by atoms with Crippen LogP contribution in [0, 0.1) is 29.6 Å². The van der Waals surface area contributed by atoms with Crippen molar-refractivity contribution in [3.05, 3.63) is 89.4 Å². The first kappa shape index (κ1) is 68.6. The van der Waals surface area contributed by atoms with Crippen LogP contribution >= 0.6 is 0 Å². The van der Waals surface area contributed by atoms with Crippen LogP contribution in [0.3, 0.4) is 0 Å². The number of allylic oxidation sites excluding steroid dienone is 1. The predicted molar refractivity (Wildman–Crippen MR) is 314 cm³/mol. The Morgan fingerprint density at radius 3 is 2.19 bits per heavy atom. The zero-order valence-electron chi connectivity index (χ0n) is 51.3. The molecule has 5 rings (SSSR count). The first-order valence-corrected chi connectivity index (χ1v) is 29.3. The number of likely N-dealkylation sites (tertiary alicyclic amines) is 1. The number of aliphatic hydroxyl groups excluding tert-OH is 1. The molecule has 1 fully saturated rings. The minimum Gasteiger partial charge on any atom is -0.472 e. The van der Waals surface area contributed by atoms with Crippen LogP contribution in [0.1, 0.15) is 128 Å². The van der Waals surface area contributed by atoms with Crippen LogP contribution in [0.2, 0.25) is 0 Å². The van der Waals surface area contributed by atoms with Crippen LogP contribution in [0.25, 0.3) is 0 Å². The van der Waals surface area contributed by atoms with Crippen LogP contribution in [-0.4, -0.2) is 176 Å². The van der Waals surface area contributed by atoms with Gasteiger partial charge in [-0.15, -0.1) is 0 Å². The Balaban J connectivity index is 1.26. The van der Waals surface area contributed by atoms with Crippen molar-refractivity contribution in [1.29, 1.82) is 0 Å². The van der Waals surface area contributed by atoms with E-state index in [1.165, 1.54) is 50.6 Å². The van der Waals surface area contributed by atoms with Crippen molar-refractivity contribution in [1.82, 2.24) is 30.2 Å². The van der Waals surface area contributed by atoms with E-state index in [4.69, 9.17) is 28.4 Å². The van der Waals surface area contributed by atoms with E-state index in [1.54, 1.807) is 56.7 Å². The number of carbonyl (C=O) groups excluding carboxylic acids is 9. The number of Topliss-reactive ketones (excluding diaryl/α,β-unsaturated/α-hetero) is 1. The summed E-state index contributed by atoms with van der Waals surface area (Å²) in [5, 5.41) is 19.1. The fourth-order valence-corrected chi connectivity index (χ4v) is 11.3. The highest BCUT2D eigenvalue weighted by Crippen LogP contribution is 2.32. The van der Waals surface area contributed by atoms with Gasteiger partial charge < -0.3 is 58.9 Å². The van der Waals surface area contributed by atoms with Crippen molar-refractivity contribution in [2.45, 2.75) is 149 Å². The van der Waals surface area contributed by atoms with E-state index in [-0.39, 0.29) is 91.7 Å². The number of ether oxygens (including phenoxy) is 6. The van der Waals surface area contributed by atoms with Gasteiger partial charge in [0.2, 0.25) is 17.7 Å². The molecule has 2 aromatic rings. The fraction of sp³-hybridized carbons (Fsp3) is 0.597. The zero-order valence-corrected chi connectivity index (χ0v) is 51.3. The second-order valence-corrected chi connectivity index (χ2v) is 22.8. The van der Waals surface area contributed by atoms with Crippen LogP contribution in [0.5, 0.6) is 0 Å². The molecular formula is C62H89N7O16. The molecule has 4 N–H and O–H groups in total. The zero-order chi connectivity index (χ0) is 62.7. The van der Waals surface area contributed by atoms with Gasteiger partial charge in [0.25, 0.3) is 17.7 Å². The fourth-order valence-electron chi connectivity index (χ4n) is 11.3. The van der Waals surface area contributed by atoms with Gasteiger partial charge in [0.1, 0.15) is 18.6 Å². The van der Waals surface area contributed by atoms with Crippen molar-refractivity contribution in [2.75, 3.05) is 66.7 Å². The molecule has 0 radical (unpaired) electrons. The highest BCUT2D eigenvalue weighted by molar-refractivity contribution is 6.13. The lowest BCUT2D eigenvalue weighted by atomic mass is 9.83. The number of nitrogens with zero attached hydrogens (tertiary/aromatic N) is 4. The average Bonchev–Trinajstić information content (AvgIpc) is 3.70. The number of carbonyl (C=O) groups is 9. The standard InChI is InChI=1S/C62H89N7O16/c1-13-39(6)55(50(80-11)33-53(73)68-28-17-22-48(68)57(81-12)40(7)58(75)64-41(8)56(74)43-19-15-14-16-20-43)66(9)60(77)45(37(2)3)32-49(70)54(38(4)5)67(10)62(79)84-34-42-23-24-47(65-61(78)85-44-21-18-30-82-36-83-35-44)46(31-42)59(76)63-27-29-69-51(71)25-26-52(69)72/h14-16,19-20,23-26,31,35,37-41,45,48,50,54-57,74H,13,17-18,21-22,27-30,32-34,36H2,1-12H3,(H,63,76)(H,64,75)(H,65,78)/b44-35+/t39-,40+,41+,45-,48-,50+,54-,55-,56+,57+/m0/s1. The highest BCUT2D eigenvalue weighted by atomic mass is 16.7. The molecule has 10 atom stereocenters.